The molecule has 54 heavy (non-hydrogen) atoms. The predicted molar refractivity (Wildman–Crippen MR) is 205 cm³/mol. The lowest BCUT2D eigenvalue weighted by Gasteiger charge is -2.24. The summed E-state index contributed by atoms with van der Waals surface area (Å²) in [5.41, 5.74) is 6.93. The Bertz CT molecular complexity index is 2040. The first kappa shape index (κ1) is 38.3. The van der Waals surface area contributed by atoms with Gasteiger partial charge in [0, 0.05) is 22.1 Å². The van der Waals surface area contributed by atoms with E-state index in [1.165, 1.54) is 5.06 Å². The zero-order valence-corrected chi connectivity index (χ0v) is 30.6. The third-order valence-corrected chi connectivity index (χ3v) is 8.96. The minimum Gasteiger partial charge on any atom is -0.491 e. The summed E-state index contributed by atoms with van der Waals surface area (Å²) in [6, 6.07) is 29.1. The van der Waals surface area contributed by atoms with Gasteiger partial charge in [-0.25, -0.2) is 4.68 Å². The number of hydrogen-bond acceptors (Lipinski definition) is 12. The van der Waals surface area contributed by atoms with Crippen molar-refractivity contribution < 1.29 is 33.6 Å². The molecule has 278 valence electrons. The number of nitrogens with zero attached hydrogens (tertiary/aromatic N) is 5. The Morgan fingerprint density at radius 3 is 2.06 bits per heavy atom. The van der Waals surface area contributed by atoms with Gasteiger partial charge in [0.25, 0.3) is 0 Å². The maximum Gasteiger partial charge on any atom is 0.138 e. The molecule has 1 N–H and O–H groups in total. The van der Waals surface area contributed by atoms with Crippen molar-refractivity contribution in [1.82, 2.24) is 15.0 Å². The zero-order chi connectivity index (χ0) is 37.4. The fourth-order valence-corrected chi connectivity index (χ4v) is 6.26. The highest BCUT2D eigenvalue weighted by Crippen LogP contribution is 2.40. The number of para-hydroxylation sites is 1. The molecular formula is C41H41N5O7S. The third-order valence-electron chi connectivity index (χ3n) is 8.37. The van der Waals surface area contributed by atoms with E-state index in [0.717, 1.165) is 50.2 Å². The Balaban J connectivity index is 0.975. The second-order valence-electron chi connectivity index (χ2n) is 11.9. The first-order chi connectivity index (χ1) is 26.6. The maximum absolute atomic E-state index is 10.9. The first-order valence-corrected chi connectivity index (χ1v) is 18.4. The van der Waals surface area contributed by atoms with E-state index in [-0.39, 0.29) is 6.61 Å². The number of fused-ring (bicyclic) bond motifs is 5. The van der Waals surface area contributed by atoms with Crippen LogP contribution in [-0.4, -0.2) is 86.3 Å². The largest absolute Gasteiger partial charge is 0.491 e. The number of hydrogen-bond donors (Lipinski definition) is 1. The van der Waals surface area contributed by atoms with Gasteiger partial charge in [-0.1, -0.05) is 65.7 Å². The fraction of sp³-hybridized carbons (Fsp3) is 0.293. The molecule has 4 aromatic carbocycles. The number of thiocyanates is 1. The molecule has 5 aromatic rings. The van der Waals surface area contributed by atoms with Gasteiger partial charge >= 0.3 is 0 Å². The molecule has 0 fully saturated rings. The number of nitriles is 1. The lowest BCUT2D eigenvalue weighted by molar-refractivity contribution is 0.0333. The number of benzene rings is 4. The summed E-state index contributed by atoms with van der Waals surface area (Å²) in [6.45, 7) is 4.62. The Morgan fingerprint density at radius 1 is 0.722 bits per heavy atom. The molecule has 1 aromatic heterocycles. The maximum atomic E-state index is 10.9. The van der Waals surface area contributed by atoms with Crippen LogP contribution in [0, 0.1) is 23.0 Å². The molecule has 12 nitrogen and oxygen atoms in total. The van der Waals surface area contributed by atoms with Crippen LogP contribution < -0.4 is 14.5 Å². The number of rotatable bonds is 20. The summed E-state index contributed by atoms with van der Waals surface area (Å²) in [5.74, 6) is 3.70. The van der Waals surface area contributed by atoms with Gasteiger partial charge in [0.15, 0.2) is 0 Å². The molecule has 0 spiro atoms. The van der Waals surface area contributed by atoms with Crippen LogP contribution in [-0.2, 0) is 32.0 Å². The number of ether oxygens (including phenoxy) is 6. The van der Waals surface area contributed by atoms with Crippen LogP contribution in [0.4, 0.5) is 5.69 Å². The number of terminal acetylenes is 1. The van der Waals surface area contributed by atoms with Crippen LogP contribution in [0.2, 0.25) is 0 Å². The SMILES string of the molecule is C#CCOCCOCCOc1cc(OCCOCCOCCn2nnc3c2-c2ccccc2CN(O)c2ccccc2-3)cc(-c2ccc(SC#N)cc2)c1. The van der Waals surface area contributed by atoms with Crippen molar-refractivity contribution in [2.45, 2.75) is 18.0 Å². The molecule has 0 atom stereocenters. The summed E-state index contributed by atoms with van der Waals surface area (Å²) in [7, 11) is 0. The Labute approximate surface area is 319 Å². The monoisotopic (exact) mass is 747 g/mol. The van der Waals surface area contributed by atoms with Crippen LogP contribution in [0.15, 0.2) is 95.9 Å². The van der Waals surface area contributed by atoms with Crippen molar-refractivity contribution in [1.29, 1.82) is 5.26 Å². The fourth-order valence-electron chi connectivity index (χ4n) is 5.89. The standard InChI is InChI=1S/C41H41N5O7S/c1-2-16-48-18-20-50-22-24-52-34-26-33(31-11-13-36(14-12-31)54-30-42)27-35(28-34)53-25-23-51-21-19-49-17-15-45-41-37-8-4-3-7-32(37)29-46(47)39-10-6-5-9-38(39)40(41)43-44-45/h1,3-14,26-28,47H,15-25,29H2. The van der Waals surface area contributed by atoms with Gasteiger partial charge in [-0.3, -0.25) is 10.3 Å². The van der Waals surface area contributed by atoms with E-state index in [1.54, 1.807) is 0 Å². The highest BCUT2D eigenvalue weighted by molar-refractivity contribution is 8.03. The molecule has 0 amide bonds. The second kappa shape index (κ2) is 20.2. The lowest BCUT2D eigenvalue weighted by atomic mass is 9.96. The number of thioether (sulfide) groups is 1. The zero-order valence-electron chi connectivity index (χ0n) is 29.8. The molecule has 2 heterocycles. The summed E-state index contributed by atoms with van der Waals surface area (Å²) in [4.78, 5) is 0.870. The predicted octanol–water partition coefficient (Wildman–Crippen LogP) is 6.72. The van der Waals surface area contributed by atoms with Crippen molar-refractivity contribution in [3.8, 4) is 62.9 Å². The van der Waals surface area contributed by atoms with Gasteiger partial charge in [-0.15, -0.1) is 11.5 Å². The van der Waals surface area contributed by atoms with Gasteiger partial charge < -0.3 is 28.4 Å². The Morgan fingerprint density at radius 2 is 1.35 bits per heavy atom. The molecule has 1 aliphatic heterocycles. The van der Waals surface area contributed by atoms with Crippen molar-refractivity contribution in [2.75, 3.05) is 71.1 Å². The quantitative estimate of drug-likeness (QED) is 0.0392. The van der Waals surface area contributed by atoms with Gasteiger partial charge in [0.05, 0.1) is 70.7 Å². The van der Waals surface area contributed by atoms with Crippen LogP contribution in [0.3, 0.4) is 0 Å². The van der Waals surface area contributed by atoms with Gasteiger partial charge in [-0.2, -0.15) is 5.26 Å². The molecule has 0 unspecified atom stereocenters. The molecule has 6 rings (SSSR count). The Kier molecular flexibility index (Phi) is 14.3. The van der Waals surface area contributed by atoms with Crippen LogP contribution in [0.25, 0.3) is 33.6 Å². The number of aromatic nitrogens is 3. The van der Waals surface area contributed by atoms with E-state index in [2.05, 4.69) is 21.6 Å². The summed E-state index contributed by atoms with van der Waals surface area (Å²) >= 11 is 1.12. The average Bonchev–Trinajstić information content (AvgIpc) is 3.61. The number of hydroxylamine groups is 1. The van der Waals surface area contributed by atoms with Crippen molar-refractivity contribution in [3.63, 3.8) is 0 Å². The minimum atomic E-state index is 0.260. The molecule has 0 saturated heterocycles. The van der Waals surface area contributed by atoms with E-state index < -0.39 is 0 Å². The normalized spacial score (nSPS) is 11.7. The van der Waals surface area contributed by atoms with Crippen LogP contribution >= 0.6 is 11.8 Å². The lowest BCUT2D eigenvalue weighted by Crippen LogP contribution is -2.20. The van der Waals surface area contributed by atoms with Gasteiger partial charge in [-0.05, 0) is 58.8 Å². The molecule has 0 aliphatic carbocycles. The van der Waals surface area contributed by atoms with Crippen molar-refractivity contribution in [2.24, 2.45) is 0 Å². The van der Waals surface area contributed by atoms with Crippen molar-refractivity contribution >= 4 is 17.4 Å². The Hall–Kier alpha value is -5.38. The smallest absolute Gasteiger partial charge is 0.138 e. The minimum absolute atomic E-state index is 0.260. The summed E-state index contributed by atoms with van der Waals surface area (Å²) in [6.07, 6.45) is 5.19. The van der Waals surface area contributed by atoms with E-state index in [1.807, 2.05) is 95.7 Å². The number of anilines is 1. The molecule has 0 bridgehead atoms. The summed E-state index contributed by atoms with van der Waals surface area (Å²) < 4.78 is 36.4. The van der Waals surface area contributed by atoms with Crippen molar-refractivity contribution in [3.05, 3.63) is 96.6 Å². The van der Waals surface area contributed by atoms with E-state index in [4.69, 9.17) is 40.1 Å². The van der Waals surface area contributed by atoms with E-state index >= 15 is 0 Å². The molecule has 0 radical (unpaired) electrons. The van der Waals surface area contributed by atoms with Crippen LogP contribution in [0.1, 0.15) is 5.56 Å². The molecule has 0 saturated carbocycles. The first-order valence-electron chi connectivity index (χ1n) is 17.5. The van der Waals surface area contributed by atoms with Gasteiger partial charge in [0.2, 0.25) is 0 Å². The molecule has 13 heteroatoms. The van der Waals surface area contributed by atoms with E-state index in [9.17, 15) is 5.21 Å². The average molecular weight is 748 g/mol. The van der Waals surface area contributed by atoms with Gasteiger partial charge in [0.1, 0.15) is 42.4 Å². The highest BCUT2D eigenvalue weighted by atomic mass is 32.2. The third kappa shape index (κ3) is 10.4. The molecular weight excluding hydrogens is 707 g/mol. The molecule has 1 aliphatic rings. The topological polar surface area (TPSA) is 133 Å². The van der Waals surface area contributed by atoms with E-state index in [0.29, 0.717) is 95.4 Å². The highest BCUT2D eigenvalue weighted by Gasteiger charge is 2.25. The van der Waals surface area contributed by atoms with Crippen LogP contribution in [0.5, 0.6) is 11.5 Å². The second-order valence-corrected chi connectivity index (χ2v) is 12.8. The summed E-state index contributed by atoms with van der Waals surface area (Å²) in [5, 5.41) is 32.2.